The summed E-state index contributed by atoms with van der Waals surface area (Å²) in [6.45, 7) is 3.01. The van der Waals surface area contributed by atoms with Crippen molar-refractivity contribution in [3.05, 3.63) is 58.9 Å². The van der Waals surface area contributed by atoms with Gasteiger partial charge < -0.3 is 5.32 Å². The van der Waals surface area contributed by atoms with Crippen LogP contribution in [0.25, 0.3) is 16.9 Å². The van der Waals surface area contributed by atoms with Crippen LogP contribution in [0.3, 0.4) is 0 Å². The number of rotatable bonds is 2. The quantitative estimate of drug-likeness (QED) is 0.781. The molecule has 1 aliphatic heterocycles. The van der Waals surface area contributed by atoms with Gasteiger partial charge in [0.25, 0.3) is 0 Å². The number of aryl methyl sites for hydroxylation is 1. The number of anilines is 1. The molecule has 0 saturated heterocycles. The van der Waals surface area contributed by atoms with E-state index in [2.05, 4.69) is 17.2 Å². The fourth-order valence-electron chi connectivity index (χ4n) is 2.90. The molecule has 0 bridgehead atoms. The van der Waals surface area contributed by atoms with E-state index in [1.165, 1.54) is 5.56 Å². The van der Waals surface area contributed by atoms with Crippen molar-refractivity contribution >= 4 is 17.4 Å². The van der Waals surface area contributed by atoms with E-state index in [9.17, 15) is 0 Å². The maximum Gasteiger partial charge on any atom is 0.133 e. The van der Waals surface area contributed by atoms with Gasteiger partial charge in [-0.3, -0.25) is 4.98 Å². The number of hydrogen-bond donors (Lipinski definition) is 1. The van der Waals surface area contributed by atoms with E-state index in [-0.39, 0.29) is 0 Å². The third-order valence-electron chi connectivity index (χ3n) is 4.00. The molecule has 110 valence electrons. The SMILES string of the molecule is Cc1ccc(Cl)cc1-n1nc(-c2ccncc2)c2c1NCC2. The number of aromatic nitrogens is 3. The van der Waals surface area contributed by atoms with E-state index in [1.54, 1.807) is 12.4 Å². The first kappa shape index (κ1) is 13.3. The number of nitrogens with zero attached hydrogens (tertiary/aromatic N) is 3. The summed E-state index contributed by atoms with van der Waals surface area (Å²) in [4.78, 5) is 4.09. The van der Waals surface area contributed by atoms with Crippen molar-refractivity contribution in [2.75, 3.05) is 11.9 Å². The maximum atomic E-state index is 6.17. The monoisotopic (exact) mass is 310 g/mol. The van der Waals surface area contributed by atoms with E-state index in [1.807, 2.05) is 35.0 Å². The Kier molecular flexibility index (Phi) is 3.12. The predicted molar refractivity (Wildman–Crippen MR) is 88.7 cm³/mol. The molecule has 3 heterocycles. The van der Waals surface area contributed by atoms with Gasteiger partial charge in [0.1, 0.15) is 5.82 Å². The van der Waals surface area contributed by atoms with E-state index in [0.29, 0.717) is 5.02 Å². The van der Waals surface area contributed by atoms with Crippen LogP contribution in [-0.4, -0.2) is 21.3 Å². The lowest BCUT2D eigenvalue weighted by atomic mass is 10.1. The Bertz CT molecular complexity index is 839. The second-order valence-electron chi connectivity index (χ2n) is 5.43. The lowest BCUT2D eigenvalue weighted by Gasteiger charge is -2.10. The van der Waals surface area contributed by atoms with Crippen LogP contribution >= 0.6 is 11.6 Å². The zero-order valence-corrected chi connectivity index (χ0v) is 12.9. The molecular formula is C17H15ClN4. The Morgan fingerprint density at radius 1 is 1.18 bits per heavy atom. The van der Waals surface area contributed by atoms with E-state index in [0.717, 1.165) is 41.3 Å². The molecule has 0 unspecified atom stereocenters. The van der Waals surface area contributed by atoms with Gasteiger partial charge in [-0.15, -0.1) is 0 Å². The minimum absolute atomic E-state index is 0.716. The first-order chi connectivity index (χ1) is 10.7. The molecule has 1 N–H and O–H groups in total. The molecule has 0 radical (unpaired) electrons. The zero-order valence-electron chi connectivity index (χ0n) is 12.2. The standard InChI is InChI=1S/C17H15ClN4/c1-11-2-3-13(18)10-15(11)22-17-14(6-9-20-17)16(21-22)12-4-7-19-8-5-12/h2-5,7-8,10,20H,6,9H2,1H3. The molecule has 4 nitrogen and oxygen atoms in total. The molecule has 2 aromatic heterocycles. The Balaban J connectivity index is 1.94. The van der Waals surface area contributed by atoms with Crippen LogP contribution in [0.15, 0.2) is 42.7 Å². The van der Waals surface area contributed by atoms with Crippen molar-refractivity contribution in [3.63, 3.8) is 0 Å². The highest BCUT2D eigenvalue weighted by Crippen LogP contribution is 2.35. The van der Waals surface area contributed by atoms with Crippen LogP contribution < -0.4 is 5.32 Å². The highest BCUT2D eigenvalue weighted by atomic mass is 35.5. The number of fused-ring (bicyclic) bond motifs is 1. The smallest absolute Gasteiger partial charge is 0.133 e. The predicted octanol–water partition coefficient (Wildman–Crippen LogP) is 3.86. The molecule has 0 fully saturated rings. The molecular weight excluding hydrogens is 296 g/mol. The summed E-state index contributed by atoms with van der Waals surface area (Å²) in [5.74, 6) is 1.07. The highest BCUT2D eigenvalue weighted by molar-refractivity contribution is 6.30. The Morgan fingerprint density at radius 2 is 2.00 bits per heavy atom. The molecule has 3 aromatic rings. The van der Waals surface area contributed by atoms with E-state index < -0.39 is 0 Å². The zero-order chi connectivity index (χ0) is 15.1. The first-order valence-corrected chi connectivity index (χ1v) is 7.64. The normalized spacial score (nSPS) is 13.0. The number of halogens is 1. The van der Waals surface area contributed by atoms with Crippen LogP contribution in [0, 0.1) is 6.92 Å². The third kappa shape index (κ3) is 2.07. The summed E-state index contributed by atoms with van der Waals surface area (Å²) < 4.78 is 1.97. The molecule has 0 spiro atoms. The van der Waals surface area contributed by atoms with Gasteiger partial charge in [0.2, 0.25) is 0 Å². The topological polar surface area (TPSA) is 42.7 Å². The third-order valence-corrected chi connectivity index (χ3v) is 4.24. The second-order valence-corrected chi connectivity index (χ2v) is 5.87. The van der Waals surface area contributed by atoms with Gasteiger partial charge >= 0.3 is 0 Å². The molecule has 0 amide bonds. The summed E-state index contributed by atoms with van der Waals surface area (Å²) in [5, 5.41) is 9.00. The highest BCUT2D eigenvalue weighted by Gasteiger charge is 2.24. The molecule has 4 rings (SSSR count). The first-order valence-electron chi connectivity index (χ1n) is 7.27. The van der Waals surface area contributed by atoms with Crippen LogP contribution in [-0.2, 0) is 6.42 Å². The fraction of sp³-hybridized carbons (Fsp3) is 0.176. The van der Waals surface area contributed by atoms with Crippen molar-refractivity contribution in [1.29, 1.82) is 0 Å². The fourth-order valence-corrected chi connectivity index (χ4v) is 3.07. The average molecular weight is 311 g/mol. The summed E-state index contributed by atoms with van der Waals surface area (Å²) in [6.07, 6.45) is 4.58. The minimum atomic E-state index is 0.716. The van der Waals surface area contributed by atoms with Gasteiger partial charge in [-0.2, -0.15) is 5.10 Å². The second kappa shape index (κ2) is 5.14. The van der Waals surface area contributed by atoms with Gasteiger partial charge in [0.05, 0.1) is 11.4 Å². The van der Waals surface area contributed by atoms with Crippen LogP contribution in [0.1, 0.15) is 11.1 Å². The Labute approximate surface area is 133 Å². The lowest BCUT2D eigenvalue weighted by Crippen LogP contribution is -2.05. The largest absolute Gasteiger partial charge is 0.369 e. The van der Waals surface area contributed by atoms with Crippen LogP contribution in [0.4, 0.5) is 5.82 Å². The van der Waals surface area contributed by atoms with Gasteiger partial charge in [-0.25, -0.2) is 4.68 Å². The molecule has 1 aliphatic rings. The minimum Gasteiger partial charge on any atom is -0.369 e. The van der Waals surface area contributed by atoms with E-state index >= 15 is 0 Å². The number of hydrogen-bond acceptors (Lipinski definition) is 3. The number of benzene rings is 1. The molecule has 22 heavy (non-hydrogen) atoms. The van der Waals surface area contributed by atoms with E-state index in [4.69, 9.17) is 16.7 Å². The lowest BCUT2D eigenvalue weighted by molar-refractivity contribution is 0.875. The summed E-state index contributed by atoms with van der Waals surface area (Å²) in [7, 11) is 0. The molecule has 5 heteroatoms. The van der Waals surface area contributed by atoms with Gasteiger partial charge in [-0.1, -0.05) is 17.7 Å². The van der Waals surface area contributed by atoms with Crippen molar-refractivity contribution in [3.8, 4) is 16.9 Å². The van der Waals surface area contributed by atoms with Crippen molar-refractivity contribution in [2.24, 2.45) is 0 Å². The summed E-state index contributed by atoms with van der Waals surface area (Å²) >= 11 is 6.17. The Hall–Kier alpha value is -2.33. The van der Waals surface area contributed by atoms with Crippen LogP contribution in [0.5, 0.6) is 0 Å². The number of pyridine rings is 1. The van der Waals surface area contributed by atoms with Gasteiger partial charge in [-0.05, 0) is 43.2 Å². The number of nitrogens with one attached hydrogen (secondary N) is 1. The molecule has 0 saturated carbocycles. The van der Waals surface area contributed by atoms with Crippen LogP contribution in [0.2, 0.25) is 5.02 Å². The van der Waals surface area contributed by atoms with Gasteiger partial charge in [0, 0.05) is 35.1 Å². The maximum absolute atomic E-state index is 6.17. The average Bonchev–Trinajstić information content (AvgIpc) is 3.13. The van der Waals surface area contributed by atoms with Crippen molar-refractivity contribution in [2.45, 2.75) is 13.3 Å². The molecule has 0 atom stereocenters. The molecule has 1 aromatic carbocycles. The summed E-state index contributed by atoms with van der Waals surface area (Å²) in [6, 6.07) is 9.88. The summed E-state index contributed by atoms with van der Waals surface area (Å²) in [5.41, 5.74) is 5.52. The van der Waals surface area contributed by atoms with Gasteiger partial charge in [0.15, 0.2) is 0 Å². The Morgan fingerprint density at radius 3 is 2.82 bits per heavy atom. The van der Waals surface area contributed by atoms with Crippen molar-refractivity contribution < 1.29 is 0 Å². The van der Waals surface area contributed by atoms with Crippen molar-refractivity contribution in [1.82, 2.24) is 14.8 Å². The molecule has 0 aliphatic carbocycles.